The summed E-state index contributed by atoms with van der Waals surface area (Å²) in [4.78, 5) is 22.5. The summed E-state index contributed by atoms with van der Waals surface area (Å²) >= 11 is 0. The highest BCUT2D eigenvalue weighted by Crippen LogP contribution is 2.05. The van der Waals surface area contributed by atoms with E-state index in [0.29, 0.717) is 12.1 Å². The average molecular weight is 229 g/mol. The Kier molecular flexibility index (Phi) is 3.00. The topological polar surface area (TPSA) is 78.0 Å². The third-order valence-electron chi connectivity index (χ3n) is 2.33. The molecule has 86 valence electrons. The Morgan fingerprint density at radius 2 is 2.12 bits per heavy atom. The Labute approximate surface area is 97.5 Å². The molecule has 0 spiro atoms. The molecule has 1 amide bonds. The lowest BCUT2D eigenvalue weighted by atomic mass is 10.1. The molecule has 0 radical (unpaired) electrons. The second-order valence-electron chi connectivity index (χ2n) is 3.58. The SMILES string of the molecule is NC(=O)c1cccc(Cn2ncccc2=O)c1. The molecule has 0 unspecified atom stereocenters. The number of carbonyl (C=O) groups excluding carboxylic acids is 1. The summed E-state index contributed by atoms with van der Waals surface area (Å²) in [6.45, 7) is 0.320. The molecular formula is C12H11N3O2. The first-order valence-electron chi connectivity index (χ1n) is 5.08. The highest BCUT2D eigenvalue weighted by molar-refractivity contribution is 5.92. The number of hydrogen-bond acceptors (Lipinski definition) is 3. The molecule has 0 saturated carbocycles. The molecule has 2 aromatic rings. The number of amides is 1. The van der Waals surface area contributed by atoms with E-state index in [1.54, 1.807) is 30.5 Å². The van der Waals surface area contributed by atoms with Crippen molar-refractivity contribution in [1.82, 2.24) is 9.78 Å². The maximum Gasteiger partial charge on any atom is 0.267 e. The fraction of sp³-hybridized carbons (Fsp3) is 0.0833. The van der Waals surface area contributed by atoms with Gasteiger partial charge in [-0.25, -0.2) is 4.68 Å². The average Bonchev–Trinajstić information content (AvgIpc) is 2.32. The van der Waals surface area contributed by atoms with E-state index < -0.39 is 5.91 Å². The zero-order valence-corrected chi connectivity index (χ0v) is 9.04. The van der Waals surface area contributed by atoms with E-state index in [1.807, 2.05) is 6.07 Å². The lowest BCUT2D eigenvalue weighted by Crippen LogP contribution is -2.22. The van der Waals surface area contributed by atoms with Gasteiger partial charge in [0.05, 0.1) is 6.54 Å². The summed E-state index contributed by atoms with van der Waals surface area (Å²) in [6, 6.07) is 9.84. The Morgan fingerprint density at radius 1 is 1.29 bits per heavy atom. The molecule has 0 aliphatic heterocycles. The summed E-state index contributed by atoms with van der Waals surface area (Å²) in [5.41, 5.74) is 6.23. The van der Waals surface area contributed by atoms with Gasteiger partial charge in [-0.05, 0) is 23.8 Å². The summed E-state index contributed by atoms with van der Waals surface area (Å²) in [5.74, 6) is -0.486. The highest BCUT2D eigenvalue weighted by atomic mass is 16.1. The molecule has 2 rings (SSSR count). The monoisotopic (exact) mass is 229 g/mol. The number of carbonyl (C=O) groups is 1. The minimum atomic E-state index is -0.486. The summed E-state index contributed by atoms with van der Waals surface area (Å²) in [6.07, 6.45) is 1.54. The van der Waals surface area contributed by atoms with Crippen molar-refractivity contribution in [3.63, 3.8) is 0 Å². The van der Waals surface area contributed by atoms with Crippen LogP contribution in [0.4, 0.5) is 0 Å². The molecule has 0 bridgehead atoms. The van der Waals surface area contributed by atoms with Gasteiger partial charge in [0, 0.05) is 17.8 Å². The third kappa shape index (κ3) is 2.57. The number of nitrogens with two attached hydrogens (primary N) is 1. The Bertz CT molecular complexity index is 604. The summed E-state index contributed by atoms with van der Waals surface area (Å²) in [5, 5.41) is 3.94. The molecule has 1 heterocycles. The van der Waals surface area contributed by atoms with Crippen LogP contribution < -0.4 is 11.3 Å². The van der Waals surface area contributed by atoms with Crippen LogP contribution in [0.25, 0.3) is 0 Å². The fourth-order valence-corrected chi connectivity index (χ4v) is 1.50. The van der Waals surface area contributed by atoms with Gasteiger partial charge in [-0.3, -0.25) is 9.59 Å². The maximum absolute atomic E-state index is 11.5. The fourth-order valence-electron chi connectivity index (χ4n) is 1.50. The van der Waals surface area contributed by atoms with E-state index in [9.17, 15) is 9.59 Å². The van der Waals surface area contributed by atoms with Gasteiger partial charge < -0.3 is 5.73 Å². The first kappa shape index (κ1) is 11.1. The second kappa shape index (κ2) is 4.61. The molecule has 0 aliphatic rings. The number of nitrogens with zero attached hydrogens (tertiary/aromatic N) is 2. The molecule has 5 heteroatoms. The predicted molar refractivity (Wildman–Crippen MR) is 62.6 cm³/mol. The van der Waals surface area contributed by atoms with Crippen LogP contribution in [0.2, 0.25) is 0 Å². The van der Waals surface area contributed by atoms with E-state index in [2.05, 4.69) is 5.10 Å². The largest absolute Gasteiger partial charge is 0.366 e. The lowest BCUT2D eigenvalue weighted by Gasteiger charge is -2.04. The quantitative estimate of drug-likeness (QED) is 0.827. The van der Waals surface area contributed by atoms with Gasteiger partial charge in [-0.2, -0.15) is 5.10 Å². The zero-order chi connectivity index (χ0) is 12.3. The van der Waals surface area contributed by atoms with Crippen molar-refractivity contribution in [3.8, 4) is 0 Å². The number of primary amides is 1. The summed E-state index contributed by atoms with van der Waals surface area (Å²) in [7, 11) is 0. The standard InChI is InChI=1S/C12H11N3O2/c13-12(17)10-4-1-3-9(7-10)8-15-11(16)5-2-6-14-15/h1-7H,8H2,(H2,13,17). The van der Waals surface area contributed by atoms with Crippen LogP contribution in [-0.4, -0.2) is 15.7 Å². The number of aromatic nitrogens is 2. The van der Waals surface area contributed by atoms with Crippen molar-refractivity contribution in [1.29, 1.82) is 0 Å². The Hall–Kier alpha value is -2.43. The normalized spacial score (nSPS) is 10.1. The van der Waals surface area contributed by atoms with Gasteiger partial charge in [-0.1, -0.05) is 12.1 Å². The molecule has 0 fully saturated rings. The van der Waals surface area contributed by atoms with Crippen molar-refractivity contribution in [3.05, 3.63) is 64.1 Å². The van der Waals surface area contributed by atoms with Crippen LogP contribution in [-0.2, 0) is 6.54 Å². The minimum absolute atomic E-state index is 0.183. The van der Waals surface area contributed by atoms with E-state index in [4.69, 9.17) is 5.73 Å². The molecule has 2 N–H and O–H groups in total. The first-order valence-corrected chi connectivity index (χ1v) is 5.08. The van der Waals surface area contributed by atoms with Crippen LogP contribution in [0, 0.1) is 0 Å². The van der Waals surface area contributed by atoms with Crippen molar-refractivity contribution in [2.75, 3.05) is 0 Å². The first-order chi connectivity index (χ1) is 8.16. The minimum Gasteiger partial charge on any atom is -0.366 e. The Balaban J connectivity index is 2.31. The maximum atomic E-state index is 11.5. The molecule has 0 atom stereocenters. The van der Waals surface area contributed by atoms with Crippen LogP contribution in [0.15, 0.2) is 47.4 Å². The van der Waals surface area contributed by atoms with Gasteiger partial charge in [0.1, 0.15) is 0 Å². The van der Waals surface area contributed by atoms with Crippen molar-refractivity contribution < 1.29 is 4.79 Å². The van der Waals surface area contributed by atoms with Crippen molar-refractivity contribution in [2.45, 2.75) is 6.54 Å². The van der Waals surface area contributed by atoms with Crippen LogP contribution in [0.5, 0.6) is 0 Å². The number of rotatable bonds is 3. The van der Waals surface area contributed by atoms with Gasteiger partial charge >= 0.3 is 0 Å². The van der Waals surface area contributed by atoms with Crippen LogP contribution in [0.3, 0.4) is 0 Å². The third-order valence-corrected chi connectivity index (χ3v) is 2.33. The Morgan fingerprint density at radius 3 is 2.82 bits per heavy atom. The van der Waals surface area contributed by atoms with E-state index in [-0.39, 0.29) is 5.56 Å². The van der Waals surface area contributed by atoms with Gasteiger partial charge in [-0.15, -0.1) is 0 Å². The van der Waals surface area contributed by atoms with Gasteiger partial charge in [0.15, 0.2) is 0 Å². The zero-order valence-electron chi connectivity index (χ0n) is 9.04. The molecule has 1 aromatic heterocycles. The van der Waals surface area contributed by atoms with E-state index >= 15 is 0 Å². The number of hydrogen-bond donors (Lipinski definition) is 1. The smallest absolute Gasteiger partial charge is 0.267 e. The summed E-state index contributed by atoms with van der Waals surface area (Å²) < 4.78 is 1.32. The van der Waals surface area contributed by atoms with Crippen LogP contribution in [0.1, 0.15) is 15.9 Å². The highest BCUT2D eigenvalue weighted by Gasteiger charge is 2.02. The van der Waals surface area contributed by atoms with Gasteiger partial charge in [0.25, 0.3) is 5.56 Å². The van der Waals surface area contributed by atoms with E-state index in [0.717, 1.165) is 5.56 Å². The molecule has 0 aliphatic carbocycles. The van der Waals surface area contributed by atoms with Crippen LogP contribution >= 0.6 is 0 Å². The number of benzene rings is 1. The van der Waals surface area contributed by atoms with Crippen molar-refractivity contribution in [2.24, 2.45) is 5.73 Å². The second-order valence-corrected chi connectivity index (χ2v) is 3.58. The molecular weight excluding hydrogens is 218 g/mol. The lowest BCUT2D eigenvalue weighted by molar-refractivity contribution is 0.1000. The van der Waals surface area contributed by atoms with Gasteiger partial charge in [0.2, 0.25) is 5.91 Å². The molecule has 0 saturated heterocycles. The molecule has 5 nitrogen and oxygen atoms in total. The predicted octanol–water partition coefficient (Wildman–Crippen LogP) is 0.391. The van der Waals surface area contributed by atoms with E-state index in [1.165, 1.54) is 10.7 Å². The van der Waals surface area contributed by atoms with Crippen molar-refractivity contribution >= 4 is 5.91 Å². The molecule has 17 heavy (non-hydrogen) atoms. The molecule has 1 aromatic carbocycles.